The molecular formula is C12H9N5O2S2. The molecule has 0 aliphatic carbocycles. The molecule has 21 heavy (non-hydrogen) atoms. The molecule has 2 aromatic heterocycles. The molecule has 0 spiro atoms. The second kappa shape index (κ2) is 5.62. The zero-order chi connectivity index (χ0) is 14.8. The average molecular weight is 319 g/mol. The van der Waals surface area contributed by atoms with Gasteiger partial charge in [-0.15, -0.1) is 10.0 Å². The van der Waals surface area contributed by atoms with E-state index in [2.05, 4.69) is 20.4 Å². The molecule has 0 atom stereocenters. The third kappa shape index (κ3) is 2.78. The van der Waals surface area contributed by atoms with Crippen LogP contribution in [0.5, 0.6) is 0 Å². The second-order valence-electron chi connectivity index (χ2n) is 4.14. The van der Waals surface area contributed by atoms with Gasteiger partial charge >= 0.3 is 5.69 Å². The first-order valence-corrected chi connectivity index (χ1v) is 7.52. The van der Waals surface area contributed by atoms with Crippen LogP contribution in [0.3, 0.4) is 0 Å². The summed E-state index contributed by atoms with van der Waals surface area (Å²) in [7, 11) is 0. The van der Waals surface area contributed by atoms with Gasteiger partial charge in [-0.1, -0.05) is 23.5 Å². The predicted octanol–water partition coefficient (Wildman–Crippen LogP) is 2.87. The van der Waals surface area contributed by atoms with Crippen molar-refractivity contribution in [3.05, 3.63) is 51.4 Å². The second-order valence-corrected chi connectivity index (χ2v) is 6.37. The van der Waals surface area contributed by atoms with Crippen LogP contribution in [-0.2, 0) is 0 Å². The molecule has 1 N–H and O–H groups in total. The van der Waals surface area contributed by atoms with E-state index < -0.39 is 0 Å². The lowest BCUT2D eigenvalue weighted by molar-refractivity contribution is 0.868. The predicted molar refractivity (Wildman–Crippen MR) is 80.6 cm³/mol. The molecular weight excluding hydrogens is 310 g/mol. The van der Waals surface area contributed by atoms with Crippen LogP contribution in [0.1, 0.15) is 5.56 Å². The van der Waals surface area contributed by atoms with E-state index in [1.807, 2.05) is 31.2 Å². The number of aromatic amines is 1. The van der Waals surface area contributed by atoms with Crippen molar-refractivity contribution in [3.63, 3.8) is 0 Å². The largest absolute Gasteiger partial charge is 0.348 e. The summed E-state index contributed by atoms with van der Waals surface area (Å²) in [6.07, 6.45) is 1.39. The van der Waals surface area contributed by atoms with Crippen LogP contribution >= 0.6 is 23.1 Å². The Bertz CT molecular complexity index is 851. The third-order valence-electron chi connectivity index (χ3n) is 2.64. The summed E-state index contributed by atoms with van der Waals surface area (Å²) in [6.45, 7) is 1.95. The molecule has 0 amide bonds. The summed E-state index contributed by atoms with van der Waals surface area (Å²) in [6, 6.07) is 7.54. The maximum absolute atomic E-state index is 11.9. The molecule has 9 heteroatoms. The van der Waals surface area contributed by atoms with Gasteiger partial charge in [0.15, 0.2) is 9.34 Å². The van der Waals surface area contributed by atoms with Crippen LogP contribution in [0, 0.1) is 11.8 Å². The van der Waals surface area contributed by atoms with E-state index in [1.165, 1.54) is 22.5 Å². The SMILES string of the molecule is Cc1cccc(-n2c(Sc3ncc(N=O)s3)n[nH]c2=O)c1. The van der Waals surface area contributed by atoms with Crippen LogP contribution in [0.2, 0.25) is 0 Å². The van der Waals surface area contributed by atoms with Crippen LogP contribution in [0.25, 0.3) is 5.69 Å². The van der Waals surface area contributed by atoms with E-state index in [1.54, 1.807) is 0 Å². The lowest BCUT2D eigenvalue weighted by atomic mass is 10.2. The highest BCUT2D eigenvalue weighted by molar-refractivity contribution is 8.01. The molecule has 0 saturated heterocycles. The molecule has 7 nitrogen and oxygen atoms in total. The first-order chi connectivity index (χ1) is 10.2. The number of nitrogens with one attached hydrogen (secondary N) is 1. The van der Waals surface area contributed by atoms with E-state index in [0.717, 1.165) is 22.6 Å². The molecule has 3 aromatic rings. The van der Waals surface area contributed by atoms with Crippen molar-refractivity contribution in [1.82, 2.24) is 19.7 Å². The standard InChI is InChI=1S/C12H9N5O2S2/c1-7-3-2-4-8(5-7)17-10(18)14-15-11(17)21-12-13-6-9(16-19)20-12/h2-6H,1H3,(H,14,18). The molecule has 106 valence electrons. The van der Waals surface area contributed by atoms with Gasteiger partial charge in [0, 0.05) is 0 Å². The van der Waals surface area contributed by atoms with Gasteiger partial charge in [0.05, 0.1) is 11.9 Å². The fourth-order valence-electron chi connectivity index (χ4n) is 1.76. The smallest absolute Gasteiger partial charge is 0.246 e. The first-order valence-electron chi connectivity index (χ1n) is 5.89. The highest BCUT2D eigenvalue weighted by atomic mass is 32.2. The summed E-state index contributed by atoms with van der Waals surface area (Å²) in [5, 5.41) is 9.99. The van der Waals surface area contributed by atoms with Crippen molar-refractivity contribution in [3.8, 4) is 5.69 Å². The number of aryl methyl sites for hydroxylation is 1. The number of hydrogen-bond acceptors (Lipinski definition) is 7. The molecule has 0 fully saturated rings. The van der Waals surface area contributed by atoms with Crippen molar-refractivity contribution in [2.45, 2.75) is 16.4 Å². The highest BCUT2D eigenvalue weighted by Gasteiger charge is 2.14. The third-order valence-corrected chi connectivity index (χ3v) is 4.55. The van der Waals surface area contributed by atoms with Crippen molar-refractivity contribution < 1.29 is 0 Å². The number of aromatic nitrogens is 4. The van der Waals surface area contributed by atoms with E-state index in [9.17, 15) is 9.70 Å². The number of H-pyrrole nitrogens is 1. The van der Waals surface area contributed by atoms with E-state index >= 15 is 0 Å². The van der Waals surface area contributed by atoms with Gasteiger partial charge in [0.2, 0.25) is 5.16 Å². The molecule has 0 aliphatic heterocycles. The first kappa shape index (κ1) is 13.7. The van der Waals surface area contributed by atoms with Crippen molar-refractivity contribution in [1.29, 1.82) is 0 Å². The molecule has 3 rings (SSSR count). The summed E-state index contributed by atoms with van der Waals surface area (Å²) in [4.78, 5) is 26.4. The van der Waals surface area contributed by atoms with Crippen molar-refractivity contribution >= 4 is 28.1 Å². The minimum absolute atomic E-state index is 0.289. The maximum Gasteiger partial charge on any atom is 0.348 e. The monoisotopic (exact) mass is 319 g/mol. The Morgan fingerprint density at radius 1 is 1.43 bits per heavy atom. The van der Waals surface area contributed by atoms with Crippen molar-refractivity contribution in [2.75, 3.05) is 0 Å². The average Bonchev–Trinajstić information content (AvgIpc) is 3.06. The Hall–Kier alpha value is -2.26. The number of thiazole rings is 1. The Morgan fingerprint density at radius 2 is 2.29 bits per heavy atom. The number of nitroso groups, excluding NO2 is 1. The minimum atomic E-state index is -0.326. The van der Waals surface area contributed by atoms with E-state index in [4.69, 9.17) is 0 Å². The molecule has 0 bridgehead atoms. The summed E-state index contributed by atoms with van der Waals surface area (Å²) >= 11 is 2.35. The number of rotatable bonds is 4. The van der Waals surface area contributed by atoms with Gasteiger partial charge in [-0.25, -0.2) is 19.4 Å². The highest BCUT2D eigenvalue weighted by Crippen LogP contribution is 2.33. The zero-order valence-corrected chi connectivity index (χ0v) is 12.4. The number of hydrogen-bond donors (Lipinski definition) is 1. The van der Waals surface area contributed by atoms with Crippen LogP contribution in [0.4, 0.5) is 5.00 Å². The molecule has 0 saturated carbocycles. The Kier molecular flexibility index (Phi) is 3.67. The fourth-order valence-corrected chi connectivity index (χ4v) is 3.47. The van der Waals surface area contributed by atoms with Crippen molar-refractivity contribution in [2.24, 2.45) is 5.18 Å². The normalized spacial score (nSPS) is 10.7. The maximum atomic E-state index is 11.9. The van der Waals surface area contributed by atoms with Crippen LogP contribution in [0.15, 0.2) is 49.9 Å². The van der Waals surface area contributed by atoms with E-state index in [-0.39, 0.29) is 10.7 Å². The Balaban J connectivity index is 2.01. The lowest BCUT2D eigenvalue weighted by Gasteiger charge is -2.04. The van der Waals surface area contributed by atoms with Gasteiger partial charge in [-0.3, -0.25) is 0 Å². The molecule has 0 aliphatic rings. The topological polar surface area (TPSA) is 93.0 Å². The Morgan fingerprint density at radius 3 is 3.00 bits per heavy atom. The van der Waals surface area contributed by atoms with Crippen LogP contribution < -0.4 is 5.69 Å². The lowest BCUT2D eigenvalue weighted by Crippen LogP contribution is -2.15. The summed E-state index contributed by atoms with van der Waals surface area (Å²) < 4.78 is 2.06. The molecule has 0 radical (unpaired) electrons. The van der Waals surface area contributed by atoms with Gasteiger partial charge in [0.1, 0.15) is 0 Å². The summed E-state index contributed by atoms with van der Waals surface area (Å²) in [5.74, 6) is 0. The minimum Gasteiger partial charge on any atom is -0.246 e. The molecule has 1 aromatic carbocycles. The van der Waals surface area contributed by atoms with E-state index in [0.29, 0.717) is 9.50 Å². The molecule has 2 heterocycles. The van der Waals surface area contributed by atoms with Gasteiger partial charge < -0.3 is 0 Å². The molecule has 0 unspecified atom stereocenters. The number of nitrogens with zero attached hydrogens (tertiary/aromatic N) is 4. The summed E-state index contributed by atoms with van der Waals surface area (Å²) in [5.41, 5.74) is 1.44. The van der Waals surface area contributed by atoms with Gasteiger partial charge in [-0.05, 0) is 41.6 Å². The fraction of sp³-hybridized carbons (Fsp3) is 0.0833. The number of benzene rings is 1. The Labute approximate surface area is 127 Å². The van der Waals surface area contributed by atoms with Gasteiger partial charge in [0.25, 0.3) is 0 Å². The zero-order valence-electron chi connectivity index (χ0n) is 10.8. The quantitative estimate of drug-likeness (QED) is 0.746. The van der Waals surface area contributed by atoms with Crippen LogP contribution in [-0.4, -0.2) is 19.7 Å². The van der Waals surface area contributed by atoms with Gasteiger partial charge in [-0.2, -0.15) is 0 Å².